The van der Waals surface area contributed by atoms with Crippen molar-refractivity contribution < 1.29 is 18.3 Å². The van der Waals surface area contributed by atoms with E-state index in [0.29, 0.717) is 12.5 Å². The van der Waals surface area contributed by atoms with Crippen LogP contribution in [0.5, 0.6) is 0 Å². The summed E-state index contributed by atoms with van der Waals surface area (Å²) < 4.78 is 3.41. The van der Waals surface area contributed by atoms with Crippen LogP contribution in [0.3, 0.4) is 0 Å². The maximum absolute atomic E-state index is 13.3. The molecule has 1 fully saturated rings. The van der Waals surface area contributed by atoms with Gasteiger partial charge < -0.3 is 20.9 Å². The molecule has 3 aromatic rings. The van der Waals surface area contributed by atoms with Crippen molar-refractivity contribution in [3.05, 3.63) is 54.0 Å². The first-order valence-electron chi connectivity index (χ1n) is 11.7. The maximum Gasteiger partial charge on any atom is 0.313 e. The van der Waals surface area contributed by atoms with Crippen molar-refractivity contribution in [2.45, 2.75) is 32.4 Å². The number of fused-ring (bicyclic) bond motifs is 1. The predicted octanol–water partition coefficient (Wildman–Crippen LogP) is 2.18. The highest BCUT2D eigenvalue weighted by Gasteiger charge is 2.34. The molecule has 10 heteroatoms. The Hall–Kier alpha value is -3.37. The Morgan fingerprint density at radius 3 is 2.77 bits per heavy atom. The van der Waals surface area contributed by atoms with E-state index in [4.69, 9.17) is 5.73 Å². The monoisotopic (exact) mass is 495 g/mol. The number of primary amides is 1. The Kier molecular flexibility index (Phi) is 7.42. The number of nitrogens with zero attached hydrogens (tertiary/aromatic N) is 4. The Balaban J connectivity index is 1.54. The van der Waals surface area contributed by atoms with Gasteiger partial charge in [-0.1, -0.05) is 13.0 Å². The summed E-state index contributed by atoms with van der Waals surface area (Å²) in [6.07, 6.45) is 6.60. The molecule has 1 aliphatic rings. The molecule has 9 nitrogen and oxygen atoms in total. The average molecular weight is 496 g/mol. The number of anilines is 1. The minimum Gasteiger partial charge on any atom is -0.366 e. The van der Waals surface area contributed by atoms with Crippen molar-refractivity contribution in [2.24, 2.45) is 11.7 Å². The van der Waals surface area contributed by atoms with Gasteiger partial charge in [0.2, 0.25) is 5.91 Å². The van der Waals surface area contributed by atoms with E-state index in [-0.39, 0.29) is 17.3 Å². The van der Waals surface area contributed by atoms with Gasteiger partial charge in [0.05, 0.1) is 35.4 Å². The number of hydrogen-bond acceptors (Lipinski definition) is 6. The number of likely N-dealkylation sites (tertiary alicyclic amines) is 1. The van der Waals surface area contributed by atoms with Crippen LogP contribution in [0.1, 0.15) is 41.7 Å². The third-order valence-corrected chi connectivity index (χ3v) is 7.33. The van der Waals surface area contributed by atoms with Crippen molar-refractivity contribution in [1.29, 1.82) is 0 Å². The standard InChI is InChI=1S/C25H30N6O3S/c1-16-4-6-21(17-5-7-22-19(10-17)15-30(35-22)9-8-29(2)3)31(14-16)25(34)24(33)28-20-11-18(23(26)32)12-27-13-20/h5,7,10-13,15-16,21H,4,6,8-9,14H2,1-3H3,(H2-,26,28,32,33)/p+1/t16-,21+/m0/s1. The van der Waals surface area contributed by atoms with Crippen LogP contribution in [-0.2, 0) is 16.1 Å². The van der Waals surface area contributed by atoms with Gasteiger partial charge in [0, 0.05) is 12.7 Å². The summed E-state index contributed by atoms with van der Waals surface area (Å²) in [6.45, 7) is 4.46. The van der Waals surface area contributed by atoms with Crippen LogP contribution >= 0.6 is 11.5 Å². The molecule has 0 saturated carbocycles. The highest BCUT2D eigenvalue weighted by atomic mass is 32.1. The molecule has 1 aliphatic heterocycles. The Morgan fingerprint density at radius 2 is 2.03 bits per heavy atom. The van der Waals surface area contributed by atoms with Gasteiger partial charge >= 0.3 is 11.8 Å². The molecule has 0 aliphatic carbocycles. The minimum atomic E-state index is -0.759. The summed E-state index contributed by atoms with van der Waals surface area (Å²) in [6, 6.07) is 7.53. The van der Waals surface area contributed by atoms with Crippen molar-refractivity contribution in [2.75, 3.05) is 32.5 Å². The van der Waals surface area contributed by atoms with E-state index in [2.05, 4.69) is 64.6 Å². The number of carbonyl (C=O) groups is 3. The first-order chi connectivity index (χ1) is 16.7. The molecule has 0 radical (unpaired) electrons. The van der Waals surface area contributed by atoms with Gasteiger partial charge in [-0.2, -0.15) is 0 Å². The van der Waals surface area contributed by atoms with Crippen LogP contribution < -0.4 is 15.0 Å². The molecule has 1 saturated heterocycles. The molecule has 35 heavy (non-hydrogen) atoms. The van der Waals surface area contributed by atoms with Crippen LogP contribution in [0.15, 0.2) is 42.9 Å². The number of nitrogens with one attached hydrogen (secondary N) is 1. The second kappa shape index (κ2) is 10.5. The first-order valence-corrected chi connectivity index (χ1v) is 12.4. The first kappa shape index (κ1) is 24.7. The largest absolute Gasteiger partial charge is 0.366 e. The number of likely N-dealkylation sites (N-methyl/N-ethyl adjacent to an activating group) is 1. The van der Waals surface area contributed by atoms with Crippen molar-refractivity contribution in [1.82, 2.24) is 14.8 Å². The molecule has 0 bridgehead atoms. The van der Waals surface area contributed by atoms with Gasteiger partial charge in [0.1, 0.15) is 16.2 Å². The number of carbonyl (C=O) groups excluding carboxylic acids is 3. The third kappa shape index (κ3) is 5.83. The van der Waals surface area contributed by atoms with Gasteiger partial charge in [-0.05, 0) is 56.6 Å². The fraction of sp³-hybridized carbons (Fsp3) is 0.400. The number of benzene rings is 1. The summed E-state index contributed by atoms with van der Waals surface area (Å²) in [5, 5.41) is 3.71. The molecule has 2 aromatic heterocycles. The van der Waals surface area contributed by atoms with E-state index in [9.17, 15) is 14.4 Å². The SMILES string of the molecule is C[C@H]1CC[C@H](c2ccc3s[n+](CCN(C)C)cc3c2)N(C(=O)C(=O)Nc2cncc(C(N)=O)c2)C1. The molecule has 0 spiro atoms. The Bertz CT molecular complexity index is 1260. The second-order valence-corrected chi connectivity index (χ2v) is 10.5. The van der Waals surface area contributed by atoms with E-state index in [1.54, 1.807) is 16.4 Å². The van der Waals surface area contributed by atoms with E-state index >= 15 is 0 Å². The number of rotatable bonds is 6. The van der Waals surface area contributed by atoms with Crippen molar-refractivity contribution >= 4 is 45.0 Å². The number of amides is 3. The van der Waals surface area contributed by atoms with Gasteiger partial charge in [-0.25, -0.2) is 0 Å². The van der Waals surface area contributed by atoms with Gasteiger partial charge in [0.25, 0.3) is 0 Å². The van der Waals surface area contributed by atoms with Gasteiger partial charge in [-0.3, -0.25) is 19.4 Å². The quantitative estimate of drug-likeness (QED) is 0.402. The molecule has 0 unspecified atom stereocenters. The average Bonchev–Trinajstić information content (AvgIpc) is 3.24. The topological polar surface area (TPSA) is 113 Å². The number of hydrogen-bond donors (Lipinski definition) is 2. The van der Waals surface area contributed by atoms with E-state index in [0.717, 1.165) is 36.9 Å². The molecule has 3 heterocycles. The van der Waals surface area contributed by atoms with Crippen LogP contribution in [-0.4, -0.2) is 59.7 Å². The molecule has 2 atom stereocenters. The smallest absolute Gasteiger partial charge is 0.313 e. The zero-order valence-corrected chi connectivity index (χ0v) is 21.0. The van der Waals surface area contributed by atoms with Crippen LogP contribution in [0, 0.1) is 5.92 Å². The highest BCUT2D eigenvalue weighted by molar-refractivity contribution is 7.09. The third-order valence-electron chi connectivity index (χ3n) is 6.24. The lowest BCUT2D eigenvalue weighted by Gasteiger charge is -2.38. The van der Waals surface area contributed by atoms with E-state index in [1.807, 2.05) is 0 Å². The number of pyridine rings is 1. The second-order valence-electron chi connectivity index (χ2n) is 9.40. The fourth-order valence-electron chi connectivity index (χ4n) is 4.36. The molecule has 3 amide bonds. The molecule has 184 valence electrons. The lowest BCUT2D eigenvalue weighted by molar-refractivity contribution is -0.627. The molecule has 4 rings (SSSR count). The molecule has 3 N–H and O–H groups in total. The summed E-state index contributed by atoms with van der Waals surface area (Å²) in [5.41, 5.74) is 6.73. The van der Waals surface area contributed by atoms with Crippen LogP contribution in [0.2, 0.25) is 0 Å². The van der Waals surface area contributed by atoms with Crippen molar-refractivity contribution in [3.8, 4) is 0 Å². The summed E-state index contributed by atoms with van der Waals surface area (Å²) in [4.78, 5) is 45.3. The van der Waals surface area contributed by atoms with E-state index in [1.165, 1.54) is 23.2 Å². The van der Waals surface area contributed by atoms with Crippen LogP contribution in [0.4, 0.5) is 5.69 Å². The normalized spacial score (nSPS) is 18.1. The predicted molar refractivity (Wildman–Crippen MR) is 135 cm³/mol. The lowest BCUT2D eigenvalue weighted by Crippen LogP contribution is -2.46. The lowest BCUT2D eigenvalue weighted by atomic mass is 9.89. The fourth-order valence-corrected chi connectivity index (χ4v) is 5.29. The molecular weight excluding hydrogens is 464 g/mol. The molecular formula is C25H31N6O3S+. The molecule has 1 aromatic carbocycles. The number of nitrogens with two attached hydrogens (primary N) is 1. The van der Waals surface area contributed by atoms with Gasteiger partial charge in [-0.15, -0.1) is 3.96 Å². The maximum atomic E-state index is 13.3. The summed E-state index contributed by atoms with van der Waals surface area (Å²) in [5.74, 6) is -1.72. The zero-order valence-electron chi connectivity index (χ0n) is 20.2. The number of aromatic nitrogens is 2. The number of piperidine rings is 1. The Labute approximate surface area is 208 Å². The Morgan fingerprint density at radius 1 is 1.23 bits per heavy atom. The van der Waals surface area contributed by atoms with E-state index < -0.39 is 17.7 Å². The summed E-state index contributed by atoms with van der Waals surface area (Å²) >= 11 is 1.72. The minimum absolute atomic E-state index is 0.159. The van der Waals surface area contributed by atoms with Gasteiger partial charge in [0.15, 0.2) is 12.7 Å². The highest BCUT2D eigenvalue weighted by Crippen LogP contribution is 2.35. The van der Waals surface area contributed by atoms with Crippen LogP contribution in [0.25, 0.3) is 10.1 Å². The zero-order chi connectivity index (χ0) is 25.1. The van der Waals surface area contributed by atoms with Crippen molar-refractivity contribution in [3.63, 3.8) is 0 Å². The summed E-state index contributed by atoms with van der Waals surface area (Å²) in [7, 11) is 4.12.